The van der Waals surface area contributed by atoms with Gasteiger partial charge in [0.2, 0.25) is 0 Å². The van der Waals surface area contributed by atoms with Gasteiger partial charge in [0.15, 0.2) is 0 Å². The number of carbonyl (C=O) groups excluding carboxylic acids is 1. The molecule has 2 N–H and O–H groups in total. The summed E-state index contributed by atoms with van der Waals surface area (Å²) in [5.41, 5.74) is 1.71. The van der Waals surface area contributed by atoms with Crippen molar-refractivity contribution in [1.29, 1.82) is 0 Å². The minimum absolute atomic E-state index is 0.238. The number of rotatable bonds is 5. The van der Waals surface area contributed by atoms with E-state index in [9.17, 15) is 4.79 Å². The second-order valence-corrected chi connectivity index (χ2v) is 3.20. The molecule has 0 aromatic heterocycles. The summed E-state index contributed by atoms with van der Waals surface area (Å²) in [6, 6.07) is 7.22. The standard InChI is InChI=1S/C12H16N2O2/c1-3-10-5-4-6-11(9-10)14-12(15)13-7-8-16-2/h3-6,9H,1,7-8H2,2H3,(H2,13,14,15). The molecule has 0 fully saturated rings. The van der Waals surface area contributed by atoms with Crippen LogP contribution in [0.2, 0.25) is 0 Å². The van der Waals surface area contributed by atoms with E-state index in [4.69, 9.17) is 4.74 Å². The normalized spacial score (nSPS) is 9.56. The van der Waals surface area contributed by atoms with Crippen LogP contribution in [0.15, 0.2) is 30.8 Å². The van der Waals surface area contributed by atoms with Gasteiger partial charge in [0.1, 0.15) is 0 Å². The monoisotopic (exact) mass is 220 g/mol. The van der Waals surface area contributed by atoms with Gasteiger partial charge in [-0.2, -0.15) is 0 Å². The summed E-state index contributed by atoms with van der Waals surface area (Å²) in [4.78, 5) is 11.4. The third-order valence-electron chi connectivity index (χ3n) is 1.97. The topological polar surface area (TPSA) is 50.4 Å². The highest BCUT2D eigenvalue weighted by Crippen LogP contribution is 2.10. The van der Waals surface area contributed by atoms with Crippen LogP contribution in [0.4, 0.5) is 10.5 Å². The Morgan fingerprint density at radius 1 is 1.56 bits per heavy atom. The van der Waals surface area contributed by atoms with Crippen molar-refractivity contribution in [1.82, 2.24) is 5.32 Å². The lowest BCUT2D eigenvalue weighted by atomic mass is 10.2. The number of hydrogen-bond acceptors (Lipinski definition) is 2. The molecule has 1 aromatic carbocycles. The summed E-state index contributed by atoms with van der Waals surface area (Å²) < 4.78 is 4.82. The highest BCUT2D eigenvalue weighted by Gasteiger charge is 2.00. The first-order valence-corrected chi connectivity index (χ1v) is 5.02. The molecule has 1 aromatic rings. The van der Waals surface area contributed by atoms with Crippen molar-refractivity contribution in [3.8, 4) is 0 Å². The van der Waals surface area contributed by atoms with Crippen molar-refractivity contribution in [3.05, 3.63) is 36.4 Å². The summed E-state index contributed by atoms with van der Waals surface area (Å²) in [6.07, 6.45) is 1.73. The fraction of sp³-hybridized carbons (Fsp3) is 0.250. The average Bonchev–Trinajstić information content (AvgIpc) is 2.29. The van der Waals surface area contributed by atoms with Gasteiger partial charge in [0.05, 0.1) is 6.61 Å². The van der Waals surface area contributed by atoms with Gasteiger partial charge in [0, 0.05) is 19.3 Å². The summed E-state index contributed by atoms with van der Waals surface area (Å²) >= 11 is 0. The van der Waals surface area contributed by atoms with Gasteiger partial charge in [-0.3, -0.25) is 0 Å². The number of carbonyl (C=O) groups is 1. The minimum Gasteiger partial charge on any atom is -0.383 e. The number of methoxy groups -OCH3 is 1. The summed E-state index contributed by atoms with van der Waals surface area (Å²) in [5, 5.41) is 5.39. The summed E-state index contributed by atoms with van der Waals surface area (Å²) in [6.45, 7) is 4.66. The number of amides is 2. The van der Waals surface area contributed by atoms with Crippen molar-refractivity contribution >= 4 is 17.8 Å². The molecule has 0 heterocycles. The Bertz CT molecular complexity index is 364. The largest absolute Gasteiger partial charge is 0.383 e. The number of anilines is 1. The van der Waals surface area contributed by atoms with Crippen molar-refractivity contribution < 1.29 is 9.53 Å². The van der Waals surface area contributed by atoms with Gasteiger partial charge in [-0.1, -0.05) is 24.8 Å². The number of urea groups is 1. The maximum absolute atomic E-state index is 11.4. The van der Waals surface area contributed by atoms with E-state index < -0.39 is 0 Å². The molecule has 0 bridgehead atoms. The maximum atomic E-state index is 11.4. The van der Waals surface area contributed by atoms with Crippen molar-refractivity contribution in [2.24, 2.45) is 0 Å². The third kappa shape index (κ3) is 4.14. The van der Waals surface area contributed by atoms with E-state index in [2.05, 4.69) is 17.2 Å². The Balaban J connectivity index is 2.46. The van der Waals surface area contributed by atoms with Gasteiger partial charge >= 0.3 is 6.03 Å². The van der Waals surface area contributed by atoms with Crippen LogP contribution in [0.3, 0.4) is 0 Å². The molecule has 0 atom stereocenters. The van der Waals surface area contributed by atoms with Gasteiger partial charge in [-0.05, 0) is 17.7 Å². The molecule has 16 heavy (non-hydrogen) atoms. The Hall–Kier alpha value is -1.81. The molecular formula is C12H16N2O2. The molecule has 0 aliphatic heterocycles. The van der Waals surface area contributed by atoms with Crippen LogP contribution < -0.4 is 10.6 Å². The first-order chi connectivity index (χ1) is 7.76. The van der Waals surface area contributed by atoms with E-state index in [1.807, 2.05) is 24.3 Å². The molecule has 2 amide bonds. The first kappa shape index (κ1) is 12.3. The molecule has 1 rings (SSSR count). The number of hydrogen-bond donors (Lipinski definition) is 2. The lowest BCUT2D eigenvalue weighted by Gasteiger charge is -2.07. The fourth-order valence-electron chi connectivity index (χ4n) is 1.19. The molecule has 0 aliphatic carbocycles. The molecule has 0 spiro atoms. The predicted molar refractivity (Wildman–Crippen MR) is 65.4 cm³/mol. The van der Waals surface area contributed by atoms with E-state index in [1.54, 1.807) is 13.2 Å². The van der Waals surface area contributed by atoms with Crippen LogP contribution in [0, 0.1) is 0 Å². The zero-order valence-electron chi connectivity index (χ0n) is 9.32. The molecule has 0 radical (unpaired) electrons. The van der Waals surface area contributed by atoms with Crippen molar-refractivity contribution in [3.63, 3.8) is 0 Å². The van der Waals surface area contributed by atoms with Crippen molar-refractivity contribution in [2.45, 2.75) is 0 Å². The van der Waals surface area contributed by atoms with E-state index in [0.29, 0.717) is 13.2 Å². The highest BCUT2D eigenvalue weighted by atomic mass is 16.5. The molecule has 0 aliphatic rings. The number of nitrogens with one attached hydrogen (secondary N) is 2. The smallest absolute Gasteiger partial charge is 0.319 e. The lowest BCUT2D eigenvalue weighted by molar-refractivity contribution is 0.198. The Morgan fingerprint density at radius 3 is 3.06 bits per heavy atom. The van der Waals surface area contributed by atoms with Crippen LogP contribution in [0.5, 0.6) is 0 Å². The highest BCUT2D eigenvalue weighted by molar-refractivity contribution is 5.89. The molecule has 0 saturated carbocycles. The molecule has 4 nitrogen and oxygen atoms in total. The van der Waals surface area contributed by atoms with Crippen molar-refractivity contribution in [2.75, 3.05) is 25.6 Å². The Kier molecular flexibility index (Phi) is 5.08. The maximum Gasteiger partial charge on any atom is 0.319 e. The zero-order valence-corrected chi connectivity index (χ0v) is 9.32. The SMILES string of the molecule is C=Cc1cccc(NC(=O)NCCOC)c1. The first-order valence-electron chi connectivity index (χ1n) is 5.02. The second kappa shape index (κ2) is 6.63. The third-order valence-corrected chi connectivity index (χ3v) is 1.97. The lowest BCUT2D eigenvalue weighted by Crippen LogP contribution is -2.31. The molecule has 0 saturated heterocycles. The Labute approximate surface area is 95.3 Å². The van der Waals surface area contributed by atoms with Crippen LogP contribution in [-0.2, 0) is 4.74 Å². The number of benzene rings is 1. The van der Waals surface area contributed by atoms with Crippen LogP contribution in [0.25, 0.3) is 6.08 Å². The van der Waals surface area contributed by atoms with Crippen LogP contribution in [0.1, 0.15) is 5.56 Å². The van der Waals surface area contributed by atoms with Crippen LogP contribution >= 0.6 is 0 Å². The molecule has 0 unspecified atom stereocenters. The number of ether oxygens (including phenoxy) is 1. The van der Waals surface area contributed by atoms with Crippen LogP contribution in [-0.4, -0.2) is 26.3 Å². The van der Waals surface area contributed by atoms with E-state index >= 15 is 0 Å². The minimum atomic E-state index is -0.238. The fourth-order valence-corrected chi connectivity index (χ4v) is 1.19. The van der Waals surface area contributed by atoms with E-state index in [1.165, 1.54) is 0 Å². The summed E-state index contributed by atoms with van der Waals surface area (Å²) in [7, 11) is 1.59. The molecule has 4 heteroatoms. The predicted octanol–water partition coefficient (Wildman–Crippen LogP) is 2.10. The molecule has 86 valence electrons. The van der Waals surface area contributed by atoms with Gasteiger partial charge < -0.3 is 15.4 Å². The molecular weight excluding hydrogens is 204 g/mol. The Morgan fingerprint density at radius 2 is 2.38 bits per heavy atom. The quantitative estimate of drug-likeness (QED) is 0.746. The van der Waals surface area contributed by atoms with Gasteiger partial charge in [-0.25, -0.2) is 4.79 Å². The average molecular weight is 220 g/mol. The summed E-state index contributed by atoms with van der Waals surface area (Å²) in [5.74, 6) is 0. The van der Waals surface area contributed by atoms with E-state index in [0.717, 1.165) is 11.3 Å². The second-order valence-electron chi connectivity index (χ2n) is 3.20. The van der Waals surface area contributed by atoms with E-state index in [-0.39, 0.29) is 6.03 Å². The van der Waals surface area contributed by atoms with Gasteiger partial charge in [-0.15, -0.1) is 0 Å². The van der Waals surface area contributed by atoms with Gasteiger partial charge in [0.25, 0.3) is 0 Å². The zero-order chi connectivity index (χ0) is 11.8.